The van der Waals surface area contributed by atoms with Crippen LogP contribution in [0, 0.1) is 0 Å². The maximum Gasteiger partial charge on any atom is 0.270 e. The van der Waals surface area contributed by atoms with E-state index in [9.17, 15) is 4.79 Å². The normalized spacial score (nSPS) is 20.2. The van der Waals surface area contributed by atoms with Gasteiger partial charge in [0.2, 0.25) is 0 Å². The van der Waals surface area contributed by atoms with Crippen LogP contribution in [0.1, 0.15) is 17.4 Å². The molecule has 0 saturated carbocycles. The van der Waals surface area contributed by atoms with Crippen LogP contribution >= 0.6 is 34.5 Å². The van der Waals surface area contributed by atoms with E-state index >= 15 is 0 Å². The first kappa shape index (κ1) is 13.2. The van der Waals surface area contributed by atoms with Crippen molar-refractivity contribution in [3.8, 4) is 0 Å². The van der Waals surface area contributed by atoms with Gasteiger partial charge in [-0.25, -0.2) is 0 Å². The summed E-state index contributed by atoms with van der Waals surface area (Å²) in [5, 5.41) is 3.81. The molecule has 2 aromatic rings. The summed E-state index contributed by atoms with van der Waals surface area (Å²) in [7, 11) is 0. The average molecular weight is 318 g/mol. The predicted molar refractivity (Wildman–Crippen MR) is 79.6 cm³/mol. The summed E-state index contributed by atoms with van der Waals surface area (Å²) in [6, 6.07) is 2.15. The van der Waals surface area contributed by atoms with Gasteiger partial charge < -0.3 is 15.2 Å². The topological polar surface area (TPSA) is 48.1 Å². The smallest absolute Gasteiger partial charge is 0.270 e. The van der Waals surface area contributed by atoms with E-state index in [2.05, 4.69) is 17.2 Å². The van der Waals surface area contributed by atoms with Gasteiger partial charge in [0.25, 0.3) is 5.91 Å². The Labute approximate surface area is 124 Å². The van der Waals surface area contributed by atoms with E-state index in [1.165, 1.54) is 11.3 Å². The number of aromatic nitrogens is 1. The number of fused-ring (bicyclic) bond motifs is 1. The molecule has 7 heteroatoms. The summed E-state index contributed by atoms with van der Waals surface area (Å²) in [6.45, 7) is 4.35. The second kappa shape index (κ2) is 4.98. The van der Waals surface area contributed by atoms with Gasteiger partial charge in [0, 0.05) is 25.7 Å². The molecule has 0 radical (unpaired) electrons. The molecule has 0 aliphatic carbocycles. The summed E-state index contributed by atoms with van der Waals surface area (Å²) in [5.41, 5.74) is 1.33. The van der Waals surface area contributed by atoms with Gasteiger partial charge in [-0.15, -0.1) is 11.3 Å². The van der Waals surface area contributed by atoms with Crippen molar-refractivity contribution >= 4 is 50.7 Å². The summed E-state index contributed by atoms with van der Waals surface area (Å²) in [4.78, 5) is 17.3. The van der Waals surface area contributed by atoms with Crippen LogP contribution in [0.4, 0.5) is 0 Å². The van der Waals surface area contributed by atoms with E-state index in [4.69, 9.17) is 23.2 Å². The molecule has 4 nitrogen and oxygen atoms in total. The zero-order valence-corrected chi connectivity index (χ0v) is 12.6. The lowest BCUT2D eigenvalue weighted by atomic mass is 10.2. The molecule has 3 rings (SSSR count). The standard InChI is InChI=1S/C12H13Cl2N3OS/c1-6-5-17(3-2-15-6)12(18)7-4-8-10(16-7)9(13)11(14)19-8/h4,6,15-16H,2-3,5H2,1H3. The highest BCUT2D eigenvalue weighted by atomic mass is 35.5. The number of aromatic amines is 1. The molecule has 1 saturated heterocycles. The SMILES string of the molecule is CC1CN(C(=O)c2cc3sc(Cl)c(Cl)c3[nH]2)CCN1. The number of hydrogen-bond donors (Lipinski definition) is 2. The molecule has 1 aliphatic rings. The van der Waals surface area contributed by atoms with Crippen molar-refractivity contribution in [1.29, 1.82) is 0 Å². The second-order valence-corrected chi connectivity index (χ2v) is 6.75. The molecule has 102 valence electrons. The molecule has 2 aromatic heterocycles. The highest BCUT2D eigenvalue weighted by Crippen LogP contribution is 2.38. The van der Waals surface area contributed by atoms with Gasteiger partial charge in [0.15, 0.2) is 0 Å². The Balaban J connectivity index is 1.89. The third-order valence-electron chi connectivity index (χ3n) is 3.26. The minimum atomic E-state index is 0.0175. The van der Waals surface area contributed by atoms with Crippen LogP contribution in [0.25, 0.3) is 10.2 Å². The maximum absolute atomic E-state index is 12.4. The first-order valence-electron chi connectivity index (χ1n) is 6.05. The van der Waals surface area contributed by atoms with Crippen molar-refractivity contribution < 1.29 is 4.79 Å². The Morgan fingerprint density at radius 1 is 1.53 bits per heavy atom. The Bertz CT molecular complexity index is 636. The Morgan fingerprint density at radius 3 is 3.00 bits per heavy atom. The Morgan fingerprint density at radius 2 is 2.32 bits per heavy atom. The summed E-state index contributed by atoms with van der Waals surface area (Å²) >= 11 is 13.4. The minimum Gasteiger partial charge on any atom is -0.349 e. The van der Waals surface area contributed by atoms with Crippen LogP contribution in [0.2, 0.25) is 9.36 Å². The van der Waals surface area contributed by atoms with Crippen LogP contribution in [0.5, 0.6) is 0 Å². The van der Waals surface area contributed by atoms with E-state index < -0.39 is 0 Å². The highest BCUT2D eigenvalue weighted by Gasteiger charge is 2.24. The number of carbonyl (C=O) groups is 1. The molecule has 1 aliphatic heterocycles. The number of hydrogen-bond acceptors (Lipinski definition) is 3. The number of halogens is 2. The summed E-state index contributed by atoms with van der Waals surface area (Å²) in [6.07, 6.45) is 0. The molecule has 3 heterocycles. The molecule has 2 N–H and O–H groups in total. The molecule has 0 aromatic carbocycles. The Hall–Kier alpha value is -0.750. The van der Waals surface area contributed by atoms with E-state index in [0.29, 0.717) is 21.1 Å². The zero-order valence-electron chi connectivity index (χ0n) is 10.3. The maximum atomic E-state index is 12.4. The second-order valence-electron chi connectivity index (χ2n) is 4.72. The van der Waals surface area contributed by atoms with Gasteiger partial charge in [-0.1, -0.05) is 23.2 Å². The number of thiophene rings is 1. The van der Waals surface area contributed by atoms with Crippen molar-refractivity contribution in [3.05, 3.63) is 21.1 Å². The van der Waals surface area contributed by atoms with Crippen LogP contribution in [0.3, 0.4) is 0 Å². The number of nitrogens with one attached hydrogen (secondary N) is 2. The van der Waals surface area contributed by atoms with Gasteiger partial charge in [-0.2, -0.15) is 0 Å². The molecule has 1 atom stereocenters. The minimum absolute atomic E-state index is 0.0175. The average Bonchev–Trinajstić information content (AvgIpc) is 2.90. The number of nitrogens with zero attached hydrogens (tertiary/aromatic N) is 1. The van der Waals surface area contributed by atoms with E-state index in [0.717, 1.165) is 29.9 Å². The molecule has 1 unspecified atom stereocenters. The lowest BCUT2D eigenvalue weighted by Crippen LogP contribution is -2.51. The van der Waals surface area contributed by atoms with Crippen molar-refractivity contribution in [2.75, 3.05) is 19.6 Å². The molecule has 19 heavy (non-hydrogen) atoms. The molecule has 1 amide bonds. The fourth-order valence-electron chi connectivity index (χ4n) is 2.32. The van der Waals surface area contributed by atoms with Crippen LogP contribution in [0.15, 0.2) is 6.07 Å². The van der Waals surface area contributed by atoms with E-state index in [-0.39, 0.29) is 5.91 Å². The first-order chi connectivity index (χ1) is 9.06. The summed E-state index contributed by atoms with van der Waals surface area (Å²) in [5.74, 6) is 0.0175. The first-order valence-corrected chi connectivity index (χ1v) is 7.62. The van der Waals surface area contributed by atoms with Crippen molar-refractivity contribution in [2.24, 2.45) is 0 Å². The largest absolute Gasteiger partial charge is 0.349 e. The van der Waals surface area contributed by atoms with Crippen LogP contribution in [-0.4, -0.2) is 41.5 Å². The summed E-state index contributed by atoms with van der Waals surface area (Å²) < 4.78 is 1.47. The number of piperazine rings is 1. The van der Waals surface area contributed by atoms with Gasteiger partial charge in [-0.05, 0) is 13.0 Å². The number of rotatable bonds is 1. The van der Waals surface area contributed by atoms with Gasteiger partial charge in [0.1, 0.15) is 10.0 Å². The molecule has 0 bridgehead atoms. The van der Waals surface area contributed by atoms with E-state index in [1.807, 2.05) is 11.0 Å². The van der Waals surface area contributed by atoms with Crippen molar-refractivity contribution in [1.82, 2.24) is 15.2 Å². The number of amides is 1. The van der Waals surface area contributed by atoms with Gasteiger partial charge >= 0.3 is 0 Å². The molecular weight excluding hydrogens is 305 g/mol. The van der Waals surface area contributed by atoms with Gasteiger partial charge in [0.05, 0.1) is 15.2 Å². The fourth-order valence-corrected chi connectivity index (χ4v) is 3.80. The van der Waals surface area contributed by atoms with Crippen molar-refractivity contribution in [2.45, 2.75) is 13.0 Å². The Kier molecular flexibility index (Phi) is 3.47. The lowest BCUT2D eigenvalue weighted by Gasteiger charge is -2.31. The number of carbonyl (C=O) groups excluding carboxylic acids is 1. The van der Waals surface area contributed by atoms with Crippen LogP contribution in [-0.2, 0) is 0 Å². The quantitative estimate of drug-likeness (QED) is 0.849. The molecule has 0 spiro atoms. The predicted octanol–water partition coefficient (Wildman–Crippen LogP) is 2.97. The van der Waals surface area contributed by atoms with Gasteiger partial charge in [-0.3, -0.25) is 4.79 Å². The highest BCUT2D eigenvalue weighted by molar-refractivity contribution is 7.23. The van der Waals surface area contributed by atoms with Crippen LogP contribution < -0.4 is 5.32 Å². The third-order valence-corrected chi connectivity index (χ3v) is 5.19. The number of H-pyrrole nitrogens is 1. The molecule has 1 fully saturated rings. The monoisotopic (exact) mass is 317 g/mol. The molecular formula is C12H13Cl2N3OS. The van der Waals surface area contributed by atoms with E-state index in [1.54, 1.807) is 0 Å². The van der Waals surface area contributed by atoms with Crippen molar-refractivity contribution in [3.63, 3.8) is 0 Å². The lowest BCUT2D eigenvalue weighted by molar-refractivity contribution is 0.0704. The third kappa shape index (κ3) is 2.36. The zero-order chi connectivity index (χ0) is 13.6. The fraction of sp³-hybridized carbons (Fsp3) is 0.417.